The Morgan fingerprint density at radius 2 is 1.87 bits per heavy atom. The molecule has 0 bridgehead atoms. The fraction of sp³-hybridized carbons (Fsp3) is 0.393. The highest BCUT2D eigenvalue weighted by Crippen LogP contribution is 2.40. The van der Waals surface area contributed by atoms with Crippen molar-refractivity contribution in [3.05, 3.63) is 60.4 Å². The van der Waals surface area contributed by atoms with E-state index in [9.17, 15) is 4.79 Å². The van der Waals surface area contributed by atoms with E-state index in [1.54, 1.807) is 7.11 Å². The van der Waals surface area contributed by atoms with Gasteiger partial charge in [-0.05, 0) is 18.7 Å². The molecule has 38 heavy (non-hydrogen) atoms. The number of benzene rings is 2. The third kappa shape index (κ3) is 5.66. The number of hydrogen-bond donors (Lipinski definition) is 2. The number of hydrogen-bond acceptors (Lipinski definition) is 9. The normalized spacial score (nSPS) is 17.9. The summed E-state index contributed by atoms with van der Waals surface area (Å²) >= 11 is 0. The Morgan fingerprint density at radius 1 is 1.08 bits per heavy atom. The number of hydroxylamine groups is 1. The van der Waals surface area contributed by atoms with Gasteiger partial charge in [-0.2, -0.15) is 0 Å². The number of carbonyl (C=O) groups is 1. The molecule has 0 saturated carbocycles. The largest absolute Gasteiger partial charge is 0.494 e. The zero-order chi connectivity index (χ0) is 26.5. The van der Waals surface area contributed by atoms with Crippen molar-refractivity contribution in [3.8, 4) is 5.75 Å². The first-order chi connectivity index (χ1) is 18.6. The molecule has 1 aromatic heterocycles. The summed E-state index contributed by atoms with van der Waals surface area (Å²) in [6.07, 6.45) is 2.79. The van der Waals surface area contributed by atoms with Crippen LogP contribution < -0.4 is 25.3 Å². The van der Waals surface area contributed by atoms with Gasteiger partial charge < -0.3 is 25.2 Å². The molecule has 0 aliphatic carbocycles. The third-order valence-electron chi connectivity index (χ3n) is 6.99. The van der Waals surface area contributed by atoms with E-state index in [4.69, 9.17) is 9.57 Å². The Morgan fingerprint density at radius 3 is 2.61 bits per heavy atom. The maximum absolute atomic E-state index is 12.4. The molecule has 2 aliphatic heterocycles. The number of methoxy groups -OCH3 is 1. The van der Waals surface area contributed by atoms with E-state index < -0.39 is 0 Å². The van der Waals surface area contributed by atoms with Crippen LogP contribution in [0.15, 0.2) is 54.9 Å². The molecular formula is C28H35N7O3. The summed E-state index contributed by atoms with van der Waals surface area (Å²) in [6, 6.07) is 16.1. The van der Waals surface area contributed by atoms with E-state index in [1.807, 2.05) is 48.4 Å². The number of ether oxygens (including phenoxy) is 1. The lowest BCUT2D eigenvalue weighted by molar-refractivity contribution is -0.115. The molecule has 10 heteroatoms. The Hall–Kier alpha value is -3.89. The Bertz CT molecular complexity index is 1250. The molecule has 2 saturated heterocycles. The standard InChI is InChI=1S/C28H35N7O3/c1-4-28(36)32-21-16-22(25(37-3)17-24(21)34-13-11-33(2)12-14-34)31-26-18-27(30-19-29-26)35-23(10-15-38-35)20-8-6-5-7-9-20/h5-9,16-19,23H,4,10-15H2,1-3H3,(H,32,36)(H,29,30,31)/t23-/m1/s1. The second-order valence-corrected chi connectivity index (χ2v) is 9.52. The Balaban J connectivity index is 1.43. The van der Waals surface area contributed by atoms with Gasteiger partial charge in [0.15, 0.2) is 5.82 Å². The van der Waals surface area contributed by atoms with Gasteiger partial charge in [0.25, 0.3) is 0 Å². The van der Waals surface area contributed by atoms with Gasteiger partial charge in [0.1, 0.15) is 17.9 Å². The van der Waals surface area contributed by atoms with E-state index in [2.05, 4.69) is 49.6 Å². The Labute approximate surface area is 223 Å². The van der Waals surface area contributed by atoms with Gasteiger partial charge in [0, 0.05) is 51.2 Å². The second-order valence-electron chi connectivity index (χ2n) is 9.52. The summed E-state index contributed by atoms with van der Waals surface area (Å²) in [6.45, 7) is 6.11. The van der Waals surface area contributed by atoms with Crippen LogP contribution in [0, 0.1) is 0 Å². The van der Waals surface area contributed by atoms with E-state index in [1.165, 1.54) is 11.9 Å². The van der Waals surface area contributed by atoms with E-state index in [-0.39, 0.29) is 11.9 Å². The molecule has 2 aliphatic rings. The fourth-order valence-corrected chi connectivity index (χ4v) is 4.83. The first-order valence-electron chi connectivity index (χ1n) is 13.1. The van der Waals surface area contributed by atoms with Crippen molar-refractivity contribution >= 4 is 34.6 Å². The van der Waals surface area contributed by atoms with Crippen LogP contribution in [0.25, 0.3) is 0 Å². The molecule has 10 nitrogen and oxygen atoms in total. The molecule has 1 atom stereocenters. The molecule has 0 unspecified atom stereocenters. The average Bonchev–Trinajstić information content (AvgIpc) is 3.45. The van der Waals surface area contributed by atoms with Gasteiger partial charge in [0.05, 0.1) is 36.8 Å². The first-order valence-corrected chi connectivity index (χ1v) is 13.1. The number of nitrogens with zero attached hydrogens (tertiary/aromatic N) is 5. The van der Waals surface area contributed by atoms with Gasteiger partial charge in [-0.3, -0.25) is 9.63 Å². The van der Waals surface area contributed by atoms with Crippen molar-refractivity contribution in [1.82, 2.24) is 14.9 Å². The van der Waals surface area contributed by atoms with Crippen LogP contribution in [0.5, 0.6) is 5.75 Å². The van der Waals surface area contributed by atoms with Gasteiger partial charge in [-0.25, -0.2) is 15.0 Å². The van der Waals surface area contributed by atoms with Gasteiger partial charge in [-0.1, -0.05) is 37.3 Å². The van der Waals surface area contributed by atoms with Crippen molar-refractivity contribution in [3.63, 3.8) is 0 Å². The number of rotatable bonds is 8. The maximum Gasteiger partial charge on any atom is 0.224 e. The van der Waals surface area contributed by atoms with E-state index in [0.29, 0.717) is 36.1 Å². The summed E-state index contributed by atoms with van der Waals surface area (Å²) in [5, 5.41) is 8.30. The highest BCUT2D eigenvalue weighted by molar-refractivity contribution is 5.96. The van der Waals surface area contributed by atoms with E-state index >= 15 is 0 Å². The predicted molar refractivity (Wildman–Crippen MR) is 149 cm³/mol. The minimum Gasteiger partial charge on any atom is -0.494 e. The number of piperazine rings is 1. The van der Waals surface area contributed by atoms with Crippen LogP contribution in [-0.4, -0.2) is 67.7 Å². The zero-order valence-electron chi connectivity index (χ0n) is 22.2. The van der Waals surface area contributed by atoms with Crippen molar-refractivity contribution < 1.29 is 14.4 Å². The monoisotopic (exact) mass is 517 g/mol. The van der Waals surface area contributed by atoms with Crippen molar-refractivity contribution in [2.75, 3.05) is 67.5 Å². The minimum atomic E-state index is -0.0426. The smallest absolute Gasteiger partial charge is 0.224 e. The summed E-state index contributed by atoms with van der Waals surface area (Å²) in [5.41, 5.74) is 3.56. The molecule has 2 fully saturated rings. The zero-order valence-corrected chi connectivity index (χ0v) is 22.2. The lowest BCUT2D eigenvalue weighted by Crippen LogP contribution is -2.44. The predicted octanol–water partition coefficient (Wildman–Crippen LogP) is 4.21. The SMILES string of the molecule is CCC(=O)Nc1cc(Nc2cc(N3OCC[C@@H]3c3ccccc3)ncn2)c(OC)cc1N1CCN(C)CC1. The minimum absolute atomic E-state index is 0.0426. The van der Waals surface area contributed by atoms with Crippen molar-refractivity contribution in [2.45, 2.75) is 25.8 Å². The summed E-state index contributed by atoms with van der Waals surface area (Å²) < 4.78 is 5.77. The topological polar surface area (TPSA) is 95.1 Å². The van der Waals surface area contributed by atoms with Crippen molar-refractivity contribution in [2.24, 2.45) is 0 Å². The van der Waals surface area contributed by atoms with Crippen molar-refractivity contribution in [1.29, 1.82) is 0 Å². The van der Waals surface area contributed by atoms with Crippen LogP contribution in [0.4, 0.5) is 28.7 Å². The number of anilines is 5. The molecule has 0 radical (unpaired) electrons. The quantitative estimate of drug-likeness (QED) is 0.456. The lowest BCUT2D eigenvalue weighted by atomic mass is 10.0. The van der Waals surface area contributed by atoms with E-state index in [0.717, 1.165) is 44.0 Å². The molecule has 3 heterocycles. The summed E-state index contributed by atoms with van der Waals surface area (Å²) in [7, 11) is 3.77. The fourth-order valence-electron chi connectivity index (χ4n) is 4.83. The third-order valence-corrected chi connectivity index (χ3v) is 6.99. The number of nitrogens with one attached hydrogen (secondary N) is 2. The van der Waals surface area contributed by atoms with Gasteiger partial charge in [-0.15, -0.1) is 0 Å². The van der Waals surface area contributed by atoms with Crippen LogP contribution in [-0.2, 0) is 9.63 Å². The van der Waals surface area contributed by atoms with Gasteiger partial charge >= 0.3 is 0 Å². The molecular weight excluding hydrogens is 482 g/mol. The lowest BCUT2D eigenvalue weighted by Gasteiger charge is -2.35. The average molecular weight is 518 g/mol. The molecule has 3 aromatic rings. The number of aromatic nitrogens is 2. The van der Waals surface area contributed by atoms with Crippen LogP contribution in [0.1, 0.15) is 31.4 Å². The molecule has 5 rings (SSSR count). The maximum atomic E-state index is 12.4. The van der Waals surface area contributed by atoms with Crippen LogP contribution in [0.3, 0.4) is 0 Å². The highest BCUT2D eigenvalue weighted by Gasteiger charge is 2.29. The number of amides is 1. The molecule has 2 aromatic carbocycles. The van der Waals surface area contributed by atoms with Crippen LogP contribution in [0.2, 0.25) is 0 Å². The second kappa shape index (κ2) is 11.7. The molecule has 1 amide bonds. The Kier molecular flexibility index (Phi) is 7.90. The number of likely N-dealkylation sites (N-methyl/N-ethyl adjacent to an activating group) is 1. The van der Waals surface area contributed by atoms with Crippen LogP contribution >= 0.6 is 0 Å². The number of carbonyl (C=O) groups excluding carboxylic acids is 1. The molecule has 200 valence electrons. The summed E-state index contributed by atoms with van der Waals surface area (Å²) in [5.74, 6) is 1.88. The highest BCUT2D eigenvalue weighted by atomic mass is 16.7. The summed E-state index contributed by atoms with van der Waals surface area (Å²) in [4.78, 5) is 31.9. The first kappa shape index (κ1) is 25.7. The van der Waals surface area contributed by atoms with Gasteiger partial charge in [0.2, 0.25) is 5.91 Å². The molecule has 0 spiro atoms. The molecule has 2 N–H and O–H groups in total.